The van der Waals surface area contributed by atoms with Crippen molar-refractivity contribution in [2.75, 3.05) is 13.3 Å². The maximum absolute atomic E-state index is 12.6. The van der Waals surface area contributed by atoms with Crippen molar-refractivity contribution in [2.45, 2.75) is 19.6 Å². The maximum Gasteiger partial charge on any atom is 0.333 e. The Morgan fingerprint density at radius 3 is 2.54 bits per heavy atom. The molecule has 1 amide bonds. The van der Waals surface area contributed by atoms with Crippen LogP contribution in [0, 0.1) is 0 Å². The second-order valence-corrected chi connectivity index (χ2v) is 7.75. The van der Waals surface area contributed by atoms with Crippen molar-refractivity contribution in [3.8, 4) is 17.0 Å². The molecule has 12 heteroatoms. The highest BCUT2D eigenvalue weighted by Gasteiger charge is 2.22. The Kier molecular flexibility index (Phi) is 8.79. The van der Waals surface area contributed by atoms with E-state index in [1.165, 1.54) is 18.0 Å². The number of esters is 1. The molecule has 184 valence electrons. The van der Waals surface area contributed by atoms with E-state index >= 15 is 0 Å². The zero-order valence-electron chi connectivity index (χ0n) is 18.5. The fraction of sp³-hybridized carbons (Fsp3) is 0.217. The van der Waals surface area contributed by atoms with Gasteiger partial charge in [0, 0.05) is 18.5 Å². The molecule has 0 fully saturated rings. The molecule has 0 aliphatic carbocycles. The number of nitrogens with one attached hydrogen (secondary N) is 1. The highest BCUT2D eigenvalue weighted by atomic mass is 35.5. The largest absolute Gasteiger partial charge is 0.479 e. The van der Waals surface area contributed by atoms with Gasteiger partial charge in [-0.05, 0) is 34.0 Å². The first-order valence-electron chi connectivity index (χ1n) is 10.3. The predicted octanol–water partition coefficient (Wildman–Crippen LogP) is 2.49. The van der Waals surface area contributed by atoms with Gasteiger partial charge in [-0.15, -0.1) is 0 Å². The van der Waals surface area contributed by atoms with Gasteiger partial charge < -0.3 is 24.2 Å². The lowest BCUT2D eigenvalue weighted by Gasteiger charge is -2.24. The monoisotopic (exact) mass is 503 g/mol. The lowest BCUT2D eigenvalue weighted by Crippen LogP contribution is -2.47. The van der Waals surface area contributed by atoms with Crippen molar-refractivity contribution < 1.29 is 38.6 Å². The SMILES string of the molecule is CC(=O)OCOc1cc(C(=O)NN(Cc2ccc(-c3cccc(Cl)c3)cc2)C[C@@H](O)C(=O)O)on1. The molecule has 3 aromatic rings. The average molecular weight is 504 g/mol. The van der Waals surface area contributed by atoms with E-state index in [1.807, 2.05) is 30.3 Å². The number of aliphatic hydroxyl groups is 1. The summed E-state index contributed by atoms with van der Waals surface area (Å²) in [6.07, 6.45) is -1.75. The zero-order valence-corrected chi connectivity index (χ0v) is 19.3. The van der Waals surface area contributed by atoms with Crippen LogP contribution in [-0.2, 0) is 20.9 Å². The van der Waals surface area contributed by atoms with Gasteiger partial charge in [0.1, 0.15) is 0 Å². The first-order chi connectivity index (χ1) is 16.7. The molecule has 2 aromatic carbocycles. The minimum atomic E-state index is -1.75. The van der Waals surface area contributed by atoms with Crippen LogP contribution in [0.2, 0.25) is 5.02 Å². The Balaban J connectivity index is 1.68. The van der Waals surface area contributed by atoms with E-state index < -0.39 is 37.3 Å². The van der Waals surface area contributed by atoms with E-state index in [0.29, 0.717) is 5.02 Å². The molecule has 35 heavy (non-hydrogen) atoms. The van der Waals surface area contributed by atoms with Crippen LogP contribution in [0.1, 0.15) is 23.0 Å². The molecule has 3 N–H and O–H groups in total. The van der Waals surface area contributed by atoms with E-state index in [9.17, 15) is 19.5 Å². The third kappa shape index (κ3) is 7.81. The number of hydrazine groups is 1. The normalized spacial score (nSPS) is 11.7. The lowest BCUT2D eigenvalue weighted by molar-refractivity contribution is -0.148. The number of carbonyl (C=O) groups excluding carboxylic acids is 2. The predicted molar refractivity (Wildman–Crippen MR) is 122 cm³/mol. The number of rotatable bonds is 11. The topological polar surface area (TPSA) is 151 Å². The molecule has 11 nitrogen and oxygen atoms in total. The van der Waals surface area contributed by atoms with Gasteiger partial charge in [-0.1, -0.05) is 48.0 Å². The summed E-state index contributed by atoms with van der Waals surface area (Å²) in [4.78, 5) is 34.5. The smallest absolute Gasteiger partial charge is 0.333 e. The molecule has 3 rings (SSSR count). The number of halogens is 1. The van der Waals surface area contributed by atoms with E-state index in [1.54, 1.807) is 18.2 Å². The number of hydrogen-bond donors (Lipinski definition) is 3. The number of ether oxygens (including phenoxy) is 2. The number of aliphatic carboxylic acids is 1. The number of hydrogen-bond acceptors (Lipinski definition) is 9. The lowest BCUT2D eigenvalue weighted by atomic mass is 10.0. The van der Waals surface area contributed by atoms with Gasteiger partial charge >= 0.3 is 17.8 Å². The Hall–Kier alpha value is -3.93. The number of carboxylic acid groups (broad SMARTS) is 1. The summed E-state index contributed by atoms with van der Waals surface area (Å²) in [6, 6.07) is 15.9. The summed E-state index contributed by atoms with van der Waals surface area (Å²) < 4.78 is 14.6. The number of carbonyl (C=O) groups is 3. The second-order valence-electron chi connectivity index (χ2n) is 7.31. The highest BCUT2D eigenvalue weighted by molar-refractivity contribution is 6.30. The summed E-state index contributed by atoms with van der Waals surface area (Å²) in [5.74, 6) is -3.09. The molecule has 0 saturated heterocycles. The van der Waals surface area contributed by atoms with Crippen molar-refractivity contribution in [2.24, 2.45) is 0 Å². The number of aliphatic hydroxyl groups excluding tert-OH is 1. The van der Waals surface area contributed by atoms with Gasteiger partial charge in [0.15, 0.2) is 6.10 Å². The Morgan fingerprint density at radius 2 is 1.89 bits per heavy atom. The van der Waals surface area contributed by atoms with Crippen LogP contribution >= 0.6 is 11.6 Å². The second kappa shape index (κ2) is 12.0. The Morgan fingerprint density at radius 1 is 1.14 bits per heavy atom. The van der Waals surface area contributed by atoms with E-state index in [-0.39, 0.29) is 18.2 Å². The van der Waals surface area contributed by atoms with Crippen LogP contribution in [0.15, 0.2) is 59.1 Å². The number of carboxylic acids is 1. The molecule has 0 aliphatic rings. The molecule has 0 radical (unpaired) electrons. The fourth-order valence-corrected chi connectivity index (χ4v) is 3.12. The highest BCUT2D eigenvalue weighted by Crippen LogP contribution is 2.23. The fourth-order valence-electron chi connectivity index (χ4n) is 2.93. The van der Waals surface area contributed by atoms with Crippen molar-refractivity contribution >= 4 is 29.4 Å². The van der Waals surface area contributed by atoms with Crippen LogP contribution in [-0.4, -0.2) is 57.7 Å². The molecule has 0 unspecified atom stereocenters. The molecular formula is C23H22ClN3O8. The summed E-state index contributed by atoms with van der Waals surface area (Å²) in [6.45, 7) is 0.470. The van der Waals surface area contributed by atoms with Gasteiger partial charge in [0.2, 0.25) is 12.6 Å². The van der Waals surface area contributed by atoms with Gasteiger partial charge in [0.25, 0.3) is 5.88 Å². The van der Waals surface area contributed by atoms with Crippen molar-refractivity contribution in [1.82, 2.24) is 15.6 Å². The summed E-state index contributed by atoms with van der Waals surface area (Å²) in [7, 11) is 0. The Bertz CT molecular complexity index is 1180. The van der Waals surface area contributed by atoms with Gasteiger partial charge in [-0.2, -0.15) is 0 Å². The average Bonchev–Trinajstić information content (AvgIpc) is 3.28. The Labute approximate surface area is 204 Å². The van der Waals surface area contributed by atoms with Crippen LogP contribution in [0.3, 0.4) is 0 Å². The first kappa shape index (κ1) is 25.7. The van der Waals surface area contributed by atoms with Gasteiger partial charge in [0.05, 0.1) is 12.6 Å². The molecule has 1 heterocycles. The molecule has 0 aliphatic heterocycles. The molecule has 0 saturated carbocycles. The van der Waals surface area contributed by atoms with Crippen molar-refractivity contribution in [1.29, 1.82) is 0 Å². The summed E-state index contributed by atoms with van der Waals surface area (Å²) in [5.41, 5.74) is 5.06. The van der Waals surface area contributed by atoms with Crippen LogP contribution in [0.5, 0.6) is 5.88 Å². The molecule has 1 aromatic heterocycles. The first-order valence-corrected chi connectivity index (χ1v) is 10.6. The zero-order chi connectivity index (χ0) is 25.4. The molecule has 1 atom stereocenters. The molecular weight excluding hydrogens is 482 g/mol. The standard InChI is InChI=1S/C23H22ClN3O8/c1-14(28)33-13-34-21-10-20(35-26-21)22(30)25-27(12-19(29)23(31)32)11-15-5-7-16(8-6-15)17-3-2-4-18(24)9-17/h2-10,19,29H,11-13H2,1H3,(H,25,30)(H,31,32)/t19-/m1/s1. The number of nitrogens with zero attached hydrogens (tertiary/aromatic N) is 2. The number of benzene rings is 2. The van der Waals surface area contributed by atoms with Crippen molar-refractivity contribution in [3.05, 3.63) is 70.9 Å². The van der Waals surface area contributed by atoms with Crippen LogP contribution in [0.4, 0.5) is 0 Å². The van der Waals surface area contributed by atoms with Crippen LogP contribution in [0.25, 0.3) is 11.1 Å². The van der Waals surface area contributed by atoms with Gasteiger partial charge in [-0.3, -0.25) is 15.0 Å². The third-order valence-corrected chi connectivity index (χ3v) is 4.84. The quantitative estimate of drug-likeness (QED) is 0.202. The molecule has 0 spiro atoms. The van der Waals surface area contributed by atoms with Gasteiger partial charge in [-0.25, -0.2) is 9.80 Å². The third-order valence-electron chi connectivity index (χ3n) is 4.60. The number of amides is 1. The van der Waals surface area contributed by atoms with E-state index in [2.05, 4.69) is 15.3 Å². The van der Waals surface area contributed by atoms with E-state index in [4.69, 9.17) is 26.0 Å². The van der Waals surface area contributed by atoms with Crippen LogP contribution < -0.4 is 10.2 Å². The minimum Gasteiger partial charge on any atom is -0.479 e. The van der Waals surface area contributed by atoms with Crippen molar-refractivity contribution in [3.63, 3.8) is 0 Å². The summed E-state index contributed by atoms with van der Waals surface area (Å²) >= 11 is 6.05. The summed E-state index contributed by atoms with van der Waals surface area (Å²) in [5, 5.41) is 24.3. The number of aromatic nitrogens is 1. The maximum atomic E-state index is 12.6. The molecule has 0 bridgehead atoms. The van der Waals surface area contributed by atoms with E-state index in [0.717, 1.165) is 16.7 Å². The minimum absolute atomic E-state index is 0.0792.